The van der Waals surface area contributed by atoms with Crippen LogP contribution in [0.1, 0.15) is 5.56 Å². The molecule has 2 saturated heterocycles. The molecule has 18 heavy (non-hydrogen) atoms. The van der Waals surface area contributed by atoms with Crippen molar-refractivity contribution in [1.29, 1.82) is 0 Å². The Bertz CT molecular complexity index is 443. The summed E-state index contributed by atoms with van der Waals surface area (Å²) in [4.78, 5) is 2.03. The molecule has 0 amide bonds. The monoisotopic (exact) mass is 258 g/mol. The van der Waals surface area contributed by atoms with Gasteiger partial charge in [0.2, 0.25) is 0 Å². The first-order chi connectivity index (χ1) is 8.38. The Kier molecular flexibility index (Phi) is 2.37. The van der Waals surface area contributed by atoms with Gasteiger partial charge in [0.25, 0.3) is 0 Å². The van der Waals surface area contributed by atoms with Crippen molar-refractivity contribution in [3.63, 3.8) is 0 Å². The van der Waals surface area contributed by atoms with Gasteiger partial charge in [-0.15, -0.1) is 0 Å². The molecule has 2 fully saturated rings. The van der Waals surface area contributed by atoms with Crippen LogP contribution in [0.4, 0.5) is 18.9 Å². The van der Waals surface area contributed by atoms with Gasteiger partial charge in [0.1, 0.15) is 0 Å². The standard InChI is InChI=1S/C12H13F3N2O/c13-12(14,15)9-1-3-10(4-2-9)16-5-11(6-16)7-17(18)8-11/h1-4,18H,5-8H2. The van der Waals surface area contributed by atoms with Crippen LogP contribution in [0.2, 0.25) is 0 Å². The van der Waals surface area contributed by atoms with Gasteiger partial charge >= 0.3 is 6.18 Å². The maximum atomic E-state index is 12.4. The van der Waals surface area contributed by atoms with E-state index in [0.29, 0.717) is 13.1 Å². The third-order valence-electron chi connectivity index (χ3n) is 3.65. The Morgan fingerprint density at radius 2 is 1.56 bits per heavy atom. The smallest absolute Gasteiger partial charge is 0.370 e. The summed E-state index contributed by atoms with van der Waals surface area (Å²) in [5.74, 6) is 0. The second-order valence-corrected chi connectivity index (χ2v) is 5.22. The Morgan fingerprint density at radius 3 is 2.00 bits per heavy atom. The molecule has 0 aliphatic carbocycles. The lowest BCUT2D eigenvalue weighted by atomic mass is 9.74. The van der Waals surface area contributed by atoms with Crippen LogP contribution in [0.3, 0.4) is 0 Å². The number of anilines is 1. The molecule has 3 nitrogen and oxygen atoms in total. The SMILES string of the molecule is ON1CC2(C1)CN(c1ccc(C(F)(F)F)cc1)C2. The Balaban J connectivity index is 1.65. The zero-order chi connectivity index (χ0) is 13.0. The quantitative estimate of drug-likeness (QED) is 0.836. The van der Waals surface area contributed by atoms with Crippen LogP contribution in [0.15, 0.2) is 24.3 Å². The van der Waals surface area contributed by atoms with E-state index < -0.39 is 11.7 Å². The van der Waals surface area contributed by atoms with Gasteiger partial charge in [-0.2, -0.15) is 18.2 Å². The molecule has 2 aliphatic heterocycles. The fraction of sp³-hybridized carbons (Fsp3) is 0.500. The van der Waals surface area contributed by atoms with E-state index in [1.807, 2.05) is 4.90 Å². The number of halogens is 3. The number of hydroxylamine groups is 2. The van der Waals surface area contributed by atoms with Crippen LogP contribution in [-0.2, 0) is 6.18 Å². The minimum absolute atomic E-state index is 0.150. The molecule has 0 unspecified atom stereocenters. The van der Waals surface area contributed by atoms with Crippen molar-refractivity contribution in [3.05, 3.63) is 29.8 Å². The van der Waals surface area contributed by atoms with E-state index in [-0.39, 0.29) is 5.41 Å². The molecule has 0 radical (unpaired) electrons. The third-order valence-corrected chi connectivity index (χ3v) is 3.65. The van der Waals surface area contributed by atoms with Gasteiger partial charge in [-0.3, -0.25) is 0 Å². The van der Waals surface area contributed by atoms with Crippen molar-refractivity contribution >= 4 is 5.69 Å². The molecular weight excluding hydrogens is 245 g/mol. The summed E-state index contributed by atoms with van der Waals surface area (Å²) in [6.07, 6.45) is -4.28. The summed E-state index contributed by atoms with van der Waals surface area (Å²) in [5.41, 5.74) is 0.342. The molecular formula is C12H13F3N2O. The Morgan fingerprint density at radius 1 is 1.00 bits per heavy atom. The molecule has 3 rings (SSSR count). The van der Waals surface area contributed by atoms with Crippen LogP contribution < -0.4 is 4.90 Å². The number of hydrogen-bond donors (Lipinski definition) is 1. The summed E-state index contributed by atoms with van der Waals surface area (Å²) < 4.78 is 37.2. The Labute approximate surface area is 102 Å². The van der Waals surface area contributed by atoms with Crippen LogP contribution in [0, 0.1) is 5.41 Å². The molecule has 2 aliphatic rings. The highest BCUT2D eigenvalue weighted by molar-refractivity contribution is 5.51. The number of benzene rings is 1. The fourth-order valence-electron chi connectivity index (χ4n) is 2.74. The van der Waals surface area contributed by atoms with E-state index in [1.165, 1.54) is 17.2 Å². The molecule has 0 atom stereocenters. The summed E-state index contributed by atoms with van der Waals surface area (Å²) in [5, 5.41) is 10.4. The molecule has 0 saturated carbocycles. The average molecular weight is 258 g/mol. The van der Waals surface area contributed by atoms with Gasteiger partial charge in [-0.25, -0.2) is 0 Å². The minimum Gasteiger partial charge on any atom is -0.370 e. The first kappa shape index (κ1) is 11.8. The molecule has 1 spiro atoms. The van der Waals surface area contributed by atoms with Crippen molar-refractivity contribution in [2.45, 2.75) is 6.18 Å². The second-order valence-electron chi connectivity index (χ2n) is 5.22. The molecule has 1 N–H and O–H groups in total. The van der Waals surface area contributed by atoms with Gasteiger partial charge in [-0.05, 0) is 24.3 Å². The molecule has 98 valence electrons. The molecule has 2 heterocycles. The Hall–Kier alpha value is -1.27. The van der Waals surface area contributed by atoms with Gasteiger partial charge in [-0.1, -0.05) is 0 Å². The van der Waals surface area contributed by atoms with Gasteiger partial charge in [0.05, 0.1) is 5.56 Å². The summed E-state index contributed by atoms with van der Waals surface area (Å²) in [6.45, 7) is 2.92. The second kappa shape index (κ2) is 3.61. The first-order valence-electron chi connectivity index (χ1n) is 5.74. The van der Waals surface area contributed by atoms with E-state index in [9.17, 15) is 13.2 Å². The summed E-state index contributed by atoms with van der Waals surface area (Å²) in [6, 6.07) is 5.23. The molecule has 1 aromatic carbocycles. The topological polar surface area (TPSA) is 26.7 Å². The lowest BCUT2D eigenvalue weighted by Crippen LogP contribution is -2.71. The maximum absolute atomic E-state index is 12.4. The highest BCUT2D eigenvalue weighted by atomic mass is 19.4. The van der Waals surface area contributed by atoms with E-state index in [2.05, 4.69) is 0 Å². The van der Waals surface area contributed by atoms with Crippen LogP contribution in [0.5, 0.6) is 0 Å². The lowest BCUT2D eigenvalue weighted by Gasteiger charge is -2.59. The van der Waals surface area contributed by atoms with Crippen LogP contribution >= 0.6 is 0 Å². The predicted molar refractivity (Wildman–Crippen MR) is 59.4 cm³/mol. The zero-order valence-corrected chi connectivity index (χ0v) is 9.61. The maximum Gasteiger partial charge on any atom is 0.416 e. The molecule has 0 bridgehead atoms. The first-order valence-corrected chi connectivity index (χ1v) is 5.74. The van der Waals surface area contributed by atoms with Crippen molar-refractivity contribution < 1.29 is 18.4 Å². The van der Waals surface area contributed by atoms with Crippen LogP contribution in [-0.4, -0.2) is 36.4 Å². The summed E-state index contributed by atoms with van der Waals surface area (Å²) >= 11 is 0. The summed E-state index contributed by atoms with van der Waals surface area (Å²) in [7, 11) is 0. The van der Waals surface area contributed by atoms with E-state index in [1.54, 1.807) is 0 Å². The molecule has 0 aromatic heterocycles. The van der Waals surface area contributed by atoms with Crippen molar-refractivity contribution in [3.8, 4) is 0 Å². The van der Waals surface area contributed by atoms with Crippen molar-refractivity contribution in [1.82, 2.24) is 5.06 Å². The van der Waals surface area contributed by atoms with Gasteiger partial charge in [0.15, 0.2) is 0 Å². The van der Waals surface area contributed by atoms with Crippen LogP contribution in [0.25, 0.3) is 0 Å². The number of alkyl halides is 3. The lowest BCUT2D eigenvalue weighted by molar-refractivity contribution is -0.214. The molecule has 1 aromatic rings. The third kappa shape index (κ3) is 1.85. The largest absolute Gasteiger partial charge is 0.416 e. The van der Waals surface area contributed by atoms with Crippen molar-refractivity contribution in [2.75, 3.05) is 31.1 Å². The number of nitrogens with zero attached hydrogens (tertiary/aromatic N) is 2. The zero-order valence-electron chi connectivity index (χ0n) is 9.61. The fourth-order valence-corrected chi connectivity index (χ4v) is 2.74. The van der Waals surface area contributed by atoms with E-state index in [4.69, 9.17) is 5.21 Å². The van der Waals surface area contributed by atoms with E-state index in [0.717, 1.165) is 30.9 Å². The predicted octanol–water partition coefficient (Wildman–Crippen LogP) is 2.22. The van der Waals surface area contributed by atoms with E-state index >= 15 is 0 Å². The highest BCUT2D eigenvalue weighted by Gasteiger charge is 2.51. The minimum atomic E-state index is -4.28. The highest BCUT2D eigenvalue weighted by Crippen LogP contribution is 2.41. The van der Waals surface area contributed by atoms with Gasteiger partial charge < -0.3 is 10.1 Å². The molecule has 6 heteroatoms. The van der Waals surface area contributed by atoms with Gasteiger partial charge in [0, 0.05) is 37.3 Å². The van der Waals surface area contributed by atoms with Crippen molar-refractivity contribution in [2.24, 2.45) is 5.41 Å². The number of rotatable bonds is 1. The number of hydrogen-bond acceptors (Lipinski definition) is 3. The average Bonchev–Trinajstić information content (AvgIpc) is 2.20. The normalized spacial score (nSPS) is 22.8.